The van der Waals surface area contributed by atoms with Crippen LogP contribution in [0.5, 0.6) is 11.8 Å². The highest BCUT2D eigenvalue weighted by molar-refractivity contribution is 6.73. The molecule has 9 heteroatoms. The molecule has 246 valence electrons. The van der Waals surface area contributed by atoms with Gasteiger partial charge in [0.15, 0.2) is 0 Å². The van der Waals surface area contributed by atoms with E-state index >= 15 is 0 Å². The SMILES string of the molecule is CC(C)C[SiH](CC(C)C)c1ccc(C(C(=O)O)C(C(=O)On2c(O)ccc2O)c2ccc([SiH](CC(C)C)CC(C)C)cc2)cc1. The maximum atomic E-state index is 13.8. The Morgan fingerprint density at radius 3 is 1.24 bits per heavy atom. The molecular weight excluding hydrogens is 599 g/mol. The second kappa shape index (κ2) is 16.3. The number of hydrogen-bond acceptors (Lipinski definition) is 5. The predicted molar refractivity (Wildman–Crippen MR) is 187 cm³/mol. The maximum Gasteiger partial charge on any atom is 0.341 e. The largest absolute Gasteiger partial charge is 0.492 e. The number of aliphatic carboxylic acids is 1. The first kappa shape index (κ1) is 36.2. The van der Waals surface area contributed by atoms with Crippen molar-refractivity contribution in [1.29, 1.82) is 0 Å². The van der Waals surface area contributed by atoms with Gasteiger partial charge in [0.2, 0.25) is 11.8 Å². The molecule has 2 unspecified atom stereocenters. The Bertz CT molecular complexity index is 1340. The number of nitrogens with zero attached hydrogens (tertiary/aromatic N) is 1. The zero-order valence-corrected chi connectivity index (χ0v) is 30.5. The van der Waals surface area contributed by atoms with E-state index < -0.39 is 53.1 Å². The van der Waals surface area contributed by atoms with E-state index in [1.807, 2.05) is 24.3 Å². The van der Waals surface area contributed by atoms with E-state index in [0.29, 0.717) is 39.5 Å². The van der Waals surface area contributed by atoms with Crippen molar-refractivity contribution >= 4 is 39.9 Å². The lowest BCUT2D eigenvalue weighted by Gasteiger charge is -2.25. The van der Waals surface area contributed by atoms with Gasteiger partial charge in [0.25, 0.3) is 0 Å². The quantitative estimate of drug-likeness (QED) is 0.164. The summed E-state index contributed by atoms with van der Waals surface area (Å²) in [6, 6.07) is 22.7. The number of carboxylic acids is 1. The minimum Gasteiger partial charge on any atom is -0.492 e. The summed E-state index contributed by atoms with van der Waals surface area (Å²) in [7, 11) is -2.56. The molecule has 1 heterocycles. The number of carbonyl (C=O) groups excluding carboxylic acids is 1. The molecule has 0 radical (unpaired) electrons. The molecule has 0 aliphatic rings. The number of aromatic nitrogens is 1. The molecule has 45 heavy (non-hydrogen) atoms. The van der Waals surface area contributed by atoms with Crippen molar-refractivity contribution in [2.45, 2.75) is 91.4 Å². The van der Waals surface area contributed by atoms with Crippen LogP contribution in [0.25, 0.3) is 0 Å². The number of carboxylic acid groups (broad SMARTS) is 1. The molecule has 0 bridgehead atoms. The smallest absolute Gasteiger partial charge is 0.341 e. The van der Waals surface area contributed by atoms with Crippen LogP contribution in [0.4, 0.5) is 0 Å². The third-order valence-electron chi connectivity index (χ3n) is 8.39. The molecule has 1 aromatic heterocycles. The second-order valence-electron chi connectivity index (χ2n) is 14.3. The van der Waals surface area contributed by atoms with Crippen LogP contribution in [0.15, 0.2) is 60.7 Å². The van der Waals surface area contributed by atoms with Crippen LogP contribution in [-0.4, -0.2) is 49.6 Å². The third-order valence-corrected chi connectivity index (χ3v) is 17.1. The Kier molecular flexibility index (Phi) is 13.1. The molecule has 3 N–H and O–H groups in total. The molecule has 0 saturated heterocycles. The Hall–Kier alpha value is -3.31. The highest BCUT2D eigenvalue weighted by Gasteiger charge is 2.39. The van der Waals surface area contributed by atoms with Crippen molar-refractivity contribution in [2.24, 2.45) is 23.7 Å². The summed E-state index contributed by atoms with van der Waals surface area (Å²) < 4.78 is 0.619. The van der Waals surface area contributed by atoms with Crippen molar-refractivity contribution in [3.8, 4) is 11.8 Å². The number of aromatic hydroxyl groups is 2. The minimum absolute atomic E-state index is 0.464. The maximum absolute atomic E-state index is 13.8. The average Bonchev–Trinajstić information content (AvgIpc) is 3.26. The molecular formula is C36H53NO6Si2. The van der Waals surface area contributed by atoms with E-state index in [9.17, 15) is 24.9 Å². The lowest BCUT2D eigenvalue weighted by Crippen LogP contribution is -2.35. The van der Waals surface area contributed by atoms with Crippen molar-refractivity contribution < 1.29 is 29.7 Å². The summed E-state index contributed by atoms with van der Waals surface area (Å²) in [5.41, 5.74) is 1.02. The van der Waals surface area contributed by atoms with E-state index in [1.165, 1.54) is 34.6 Å². The molecule has 0 saturated carbocycles. The first-order valence-corrected chi connectivity index (χ1v) is 20.8. The van der Waals surface area contributed by atoms with Crippen LogP contribution in [0.1, 0.15) is 78.4 Å². The topological polar surface area (TPSA) is 109 Å². The Balaban J connectivity index is 2.07. The summed E-state index contributed by atoms with van der Waals surface area (Å²) in [5.74, 6) is -3.11. The van der Waals surface area contributed by atoms with Gasteiger partial charge in [-0.3, -0.25) is 4.79 Å². The zero-order chi connectivity index (χ0) is 33.4. The summed E-state index contributed by atoms with van der Waals surface area (Å²) in [6.07, 6.45) is 0. The normalized spacial score (nSPS) is 13.4. The van der Waals surface area contributed by atoms with Crippen molar-refractivity contribution in [3.63, 3.8) is 0 Å². The fourth-order valence-electron chi connectivity index (χ4n) is 6.55. The summed E-state index contributed by atoms with van der Waals surface area (Å²) >= 11 is 0. The van der Waals surface area contributed by atoms with Gasteiger partial charge < -0.3 is 20.2 Å². The molecule has 0 fully saturated rings. The molecule has 2 aromatic carbocycles. The van der Waals surface area contributed by atoms with E-state index in [1.54, 1.807) is 0 Å². The van der Waals surface area contributed by atoms with Gasteiger partial charge in [-0.2, -0.15) is 0 Å². The minimum atomic E-state index is -1.29. The predicted octanol–water partition coefficient (Wildman–Crippen LogP) is 6.00. The Morgan fingerprint density at radius 2 is 0.933 bits per heavy atom. The van der Waals surface area contributed by atoms with E-state index in [2.05, 4.69) is 79.7 Å². The van der Waals surface area contributed by atoms with Crippen LogP contribution < -0.4 is 15.2 Å². The molecule has 0 aliphatic heterocycles. The van der Waals surface area contributed by atoms with Crippen molar-refractivity contribution in [3.05, 3.63) is 71.8 Å². The van der Waals surface area contributed by atoms with Gasteiger partial charge in [-0.15, -0.1) is 4.73 Å². The second-order valence-corrected chi connectivity index (χ2v) is 20.3. The zero-order valence-electron chi connectivity index (χ0n) is 28.2. The Morgan fingerprint density at radius 1 is 0.600 bits per heavy atom. The molecule has 0 aliphatic carbocycles. The van der Waals surface area contributed by atoms with Gasteiger partial charge >= 0.3 is 11.9 Å². The van der Waals surface area contributed by atoms with Crippen LogP contribution in [0.2, 0.25) is 24.2 Å². The van der Waals surface area contributed by atoms with Crippen molar-refractivity contribution in [1.82, 2.24) is 4.73 Å². The molecule has 0 amide bonds. The van der Waals surface area contributed by atoms with Gasteiger partial charge in [-0.05, 0) is 34.8 Å². The number of hydrogen-bond donors (Lipinski definition) is 3. The highest BCUT2D eigenvalue weighted by atomic mass is 28.3. The van der Waals surface area contributed by atoms with Crippen LogP contribution in [0, 0.1) is 23.7 Å². The fourth-order valence-corrected chi connectivity index (χ4v) is 14.0. The molecule has 2 atom stereocenters. The van der Waals surface area contributed by atoms with E-state index in [-0.39, 0.29) is 0 Å². The molecule has 3 rings (SSSR count). The summed E-state index contributed by atoms with van der Waals surface area (Å²) in [4.78, 5) is 32.3. The van der Waals surface area contributed by atoms with Gasteiger partial charge in [-0.25, -0.2) is 4.79 Å². The van der Waals surface area contributed by atoms with Gasteiger partial charge in [0.05, 0.1) is 23.5 Å². The summed E-state index contributed by atoms with van der Waals surface area (Å²) in [5, 5.41) is 33.5. The number of rotatable bonds is 16. The fraction of sp³-hybridized carbons (Fsp3) is 0.500. The standard InChI is InChI=1S/C36H53NO6Si2/c1-23(2)19-44(20-24(3)4)29-13-9-27(10-14-29)33(35(40)41)34(36(42)43-37-31(38)17-18-32(37)39)28-11-15-30(16-12-28)45(21-25(5)6)22-26(7)8/h9-18,23-26,33-34,38-39,44-45H,19-22H2,1-8H3,(H,40,41). The molecule has 7 nitrogen and oxygen atoms in total. The first-order valence-electron chi connectivity index (χ1n) is 16.4. The number of carbonyl (C=O) groups is 2. The highest BCUT2D eigenvalue weighted by Crippen LogP contribution is 2.35. The van der Waals surface area contributed by atoms with E-state index in [0.717, 1.165) is 12.1 Å². The van der Waals surface area contributed by atoms with Crippen molar-refractivity contribution in [2.75, 3.05) is 0 Å². The van der Waals surface area contributed by atoms with Gasteiger partial charge in [-0.1, -0.05) is 138 Å². The molecule has 3 aromatic rings. The first-order chi connectivity index (χ1) is 21.2. The lowest BCUT2D eigenvalue weighted by molar-refractivity contribution is -0.152. The van der Waals surface area contributed by atoms with Gasteiger partial charge in [0.1, 0.15) is 5.92 Å². The van der Waals surface area contributed by atoms with Gasteiger partial charge in [0, 0.05) is 12.1 Å². The average molecular weight is 652 g/mol. The lowest BCUT2D eigenvalue weighted by atomic mass is 9.81. The third kappa shape index (κ3) is 10.1. The summed E-state index contributed by atoms with van der Waals surface area (Å²) in [6.45, 7) is 17.9. The number of benzene rings is 2. The monoisotopic (exact) mass is 651 g/mol. The molecule has 0 spiro atoms. The van der Waals surface area contributed by atoms with Crippen LogP contribution in [0.3, 0.4) is 0 Å². The van der Waals surface area contributed by atoms with E-state index in [4.69, 9.17) is 4.84 Å². The van der Waals surface area contributed by atoms with Crippen LogP contribution >= 0.6 is 0 Å². The van der Waals surface area contributed by atoms with Crippen LogP contribution in [-0.2, 0) is 9.59 Å². The Labute approximate surface area is 272 Å².